The third-order valence-corrected chi connectivity index (χ3v) is 2.13. The van der Waals surface area contributed by atoms with Crippen molar-refractivity contribution in [3.05, 3.63) is 34.9 Å². The number of hydrogen-bond acceptors (Lipinski definition) is 4. The lowest BCUT2D eigenvalue weighted by molar-refractivity contribution is 0.0220. The molecule has 16 heavy (non-hydrogen) atoms. The van der Waals surface area contributed by atoms with Gasteiger partial charge < -0.3 is 15.9 Å². The maximum absolute atomic E-state index is 13.3. The number of rotatable bonds is 3. The smallest absolute Gasteiger partial charge is 0.141 e. The van der Waals surface area contributed by atoms with Crippen molar-refractivity contribution in [1.29, 1.82) is 5.26 Å². The van der Waals surface area contributed by atoms with Gasteiger partial charge in [0.25, 0.3) is 0 Å². The Kier molecular flexibility index (Phi) is 3.90. The zero-order chi connectivity index (χ0) is 12.3. The molecule has 4 nitrogen and oxygen atoms in total. The Labute approximate surface area is 90.5 Å². The first-order valence-corrected chi connectivity index (χ1v) is 4.46. The van der Waals surface area contributed by atoms with E-state index in [1.807, 2.05) is 0 Å². The lowest BCUT2D eigenvalue weighted by Crippen LogP contribution is -2.27. The molecule has 0 spiro atoms. The Morgan fingerprint density at radius 2 is 1.94 bits per heavy atom. The van der Waals surface area contributed by atoms with E-state index in [9.17, 15) is 19.0 Å². The predicted octanol–water partition coefficient (Wildman–Crippen LogP) is 0.189. The SMILES string of the molecule is N#Cc1cc(F)c(C(O)C(O)CN)cc1F. The van der Waals surface area contributed by atoms with Gasteiger partial charge in [0.15, 0.2) is 0 Å². The topological polar surface area (TPSA) is 90.3 Å². The van der Waals surface area contributed by atoms with Crippen LogP contribution in [0.15, 0.2) is 12.1 Å². The maximum Gasteiger partial charge on any atom is 0.141 e. The standard InChI is InChI=1S/C10H10F2N2O2/c11-7-2-6(10(16)9(15)4-14)8(12)1-5(7)3-13/h1-2,9-10,15-16H,4,14H2. The van der Waals surface area contributed by atoms with Crippen LogP contribution in [0.25, 0.3) is 0 Å². The fourth-order valence-electron chi connectivity index (χ4n) is 1.21. The van der Waals surface area contributed by atoms with Crippen molar-refractivity contribution in [3.8, 4) is 6.07 Å². The third-order valence-electron chi connectivity index (χ3n) is 2.13. The molecule has 6 heteroatoms. The Bertz CT molecular complexity index is 432. The second kappa shape index (κ2) is 4.99. The molecule has 0 aliphatic rings. The van der Waals surface area contributed by atoms with Gasteiger partial charge in [-0.25, -0.2) is 8.78 Å². The number of benzene rings is 1. The lowest BCUT2D eigenvalue weighted by Gasteiger charge is -2.17. The minimum absolute atomic E-state index is 0.289. The zero-order valence-corrected chi connectivity index (χ0v) is 8.19. The van der Waals surface area contributed by atoms with Crippen molar-refractivity contribution in [2.75, 3.05) is 6.54 Å². The molecular weight excluding hydrogens is 218 g/mol. The second-order valence-corrected chi connectivity index (χ2v) is 3.21. The summed E-state index contributed by atoms with van der Waals surface area (Å²) in [5.41, 5.74) is 4.19. The Balaban J connectivity index is 3.17. The number of nitrogens with two attached hydrogens (primary N) is 1. The van der Waals surface area contributed by atoms with Gasteiger partial charge in [-0.15, -0.1) is 0 Å². The molecular formula is C10H10F2N2O2. The highest BCUT2D eigenvalue weighted by molar-refractivity contribution is 5.35. The van der Waals surface area contributed by atoms with Crippen molar-refractivity contribution in [3.63, 3.8) is 0 Å². The highest BCUT2D eigenvalue weighted by Crippen LogP contribution is 2.22. The summed E-state index contributed by atoms with van der Waals surface area (Å²) in [5.74, 6) is -1.92. The number of halogens is 2. The Morgan fingerprint density at radius 1 is 1.31 bits per heavy atom. The normalized spacial score (nSPS) is 14.2. The first kappa shape index (κ1) is 12.5. The van der Waals surface area contributed by atoms with E-state index in [4.69, 9.17) is 11.0 Å². The summed E-state index contributed by atoms with van der Waals surface area (Å²) in [6.45, 7) is -0.289. The molecule has 0 fully saturated rings. The molecule has 1 rings (SSSR count). The van der Waals surface area contributed by atoms with Gasteiger partial charge in [0, 0.05) is 12.1 Å². The van der Waals surface area contributed by atoms with Crippen LogP contribution in [0.5, 0.6) is 0 Å². The van der Waals surface area contributed by atoms with E-state index < -0.39 is 35.0 Å². The molecule has 1 aromatic rings. The summed E-state index contributed by atoms with van der Waals surface area (Å²) in [7, 11) is 0. The number of nitrogens with zero attached hydrogens (tertiary/aromatic N) is 1. The summed E-state index contributed by atoms with van der Waals surface area (Å²) in [5, 5.41) is 27.1. The lowest BCUT2D eigenvalue weighted by atomic mass is 10.0. The van der Waals surface area contributed by atoms with E-state index in [0.717, 1.165) is 0 Å². The molecule has 4 N–H and O–H groups in total. The molecule has 1 aromatic carbocycles. The van der Waals surface area contributed by atoms with Gasteiger partial charge in [0.1, 0.15) is 23.8 Å². The third kappa shape index (κ3) is 2.33. The van der Waals surface area contributed by atoms with Crippen LogP contribution < -0.4 is 5.73 Å². The van der Waals surface area contributed by atoms with E-state index in [2.05, 4.69) is 0 Å². The van der Waals surface area contributed by atoms with Crippen molar-refractivity contribution >= 4 is 0 Å². The number of hydrogen-bond donors (Lipinski definition) is 3. The maximum atomic E-state index is 13.3. The highest BCUT2D eigenvalue weighted by Gasteiger charge is 2.22. The van der Waals surface area contributed by atoms with E-state index in [1.165, 1.54) is 6.07 Å². The van der Waals surface area contributed by atoms with Crippen LogP contribution in [-0.4, -0.2) is 22.9 Å². The average molecular weight is 228 g/mol. The first-order valence-electron chi connectivity index (χ1n) is 4.46. The molecule has 0 saturated heterocycles. The predicted molar refractivity (Wildman–Crippen MR) is 51.1 cm³/mol. The first-order chi connectivity index (χ1) is 7.51. The molecule has 0 saturated carbocycles. The minimum Gasteiger partial charge on any atom is -0.389 e. The average Bonchev–Trinajstić information content (AvgIpc) is 2.29. The molecule has 0 aliphatic carbocycles. The van der Waals surface area contributed by atoms with Crippen LogP contribution in [0.1, 0.15) is 17.2 Å². The minimum atomic E-state index is -1.62. The quantitative estimate of drug-likeness (QED) is 0.688. The van der Waals surface area contributed by atoms with Gasteiger partial charge in [-0.1, -0.05) is 0 Å². The van der Waals surface area contributed by atoms with Crippen molar-refractivity contribution in [2.45, 2.75) is 12.2 Å². The van der Waals surface area contributed by atoms with E-state index in [1.54, 1.807) is 0 Å². The molecule has 0 aromatic heterocycles. The van der Waals surface area contributed by atoms with Crippen molar-refractivity contribution < 1.29 is 19.0 Å². The highest BCUT2D eigenvalue weighted by atomic mass is 19.1. The van der Waals surface area contributed by atoms with Gasteiger partial charge in [0.05, 0.1) is 11.7 Å². The van der Waals surface area contributed by atoms with Gasteiger partial charge in [-0.3, -0.25) is 0 Å². The molecule has 0 radical (unpaired) electrons. The Hall–Kier alpha value is -1.55. The summed E-state index contributed by atoms with van der Waals surface area (Å²) in [6, 6.07) is 2.80. The van der Waals surface area contributed by atoms with Crippen molar-refractivity contribution in [1.82, 2.24) is 0 Å². The summed E-state index contributed by atoms with van der Waals surface area (Å²) < 4.78 is 26.5. The van der Waals surface area contributed by atoms with Gasteiger partial charge in [0.2, 0.25) is 0 Å². The van der Waals surface area contributed by atoms with E-state index in [0.29, 0.717) is 12.1 Å². The Morgan fingerprint density at radius 3 is 2.44 bits per heavy atom. The summed E-state index contributed by atoms with van der Waals surface area (Å²) >= 11 is 0. The van der Waals surface area contributed by atoms with Crippen LogP contribution in [0, 0.1) is 23.0 Å². The van der Waals surface area contributed by atoms with Crippen LogP contribution in [0.3, 0.4) is 0 Å². The van der Waals surface area contributed by atoms with E-state index >= 15 is 0 Å². The van der Waals surface area contributed by atoms with Gasteiger partial charge in [-0.05, 0) is 12.1 Å². The fourth-order valence-corrected chi connectivity index (χ4v) is 1.21. The molecule has 2 unspecified atom stereocenters. The number of aliphatic hydroxyl groups is 2. The second-order valence-electron chi connectivity index (χ2n) is 3.21. The van der Waals surface area contributed by atoms with Gasteiger partial charge in [-0.2, -0.15) is 5.26 Å². The van der Waals surface area contributed by atoms with Crippen LogP contribution in [-0.2, 0) is 0 Å². The van der Waals surface area contributed by atoms with Crippen LogP contribution in [0.4, 0.5) is 8.78 Å². The molecule has 0 amide bonds. The number of aliphatic hydroxyl groups excluding tert-OH is 2. The fraction of sp³-hybridized carbons (Fsp3) is 0.300. The molecule has 0 bridgehead atoms. The largest absolute Gasteiger partial charge is 0.389 e. The number of nitriles is 1. The van der Waals surface area contributed by atoms with Gasteiger partial charge >= 0.3 is 0 Å². The molecule has 2 atom stereocenters. The van der Waals surface area contributed by atoms with E-state index in [-0.39, 0.29) is 6.54 Å². The molecule has 0 heterocycles. The summed E-state index contributed by atoms with van der Waals surface area (Å²) in [4.78, 5) is 0. The van der Waals surface area contributed by atoms with Crippen LogP contribution >= 0.6 is 0 Å². The van der Waals surface area contributed by atoms with Crippen molar-refractivity contribution in [2.24, 2.45) is 5.73 Å². The summed E-state index contributed by atoms with van der Waals surface area (Å²) in [6.07, 6.45) is -3.01. The molecule has 86 valence electrons. The molecule has 0 aliphatic heterocycles. The zero-order valence-electron chi connectivity index (χ0n) is 8.19. The monoisotopic (exact) mass is 228 g/mol. The van der Waals surface area contributed by atoms with Crippen LogP contribution in [0.2, 0.25) is 0 Å².